The van der Waals surface area contributed by atoms with Crippen LogP contribution >= 0.6 is 0 Å². The van der Waals surface area contributed by atoms with Crippen LogP contribution in [0.5, 0.6) is 0 Å². The number of fused-ring (bicyclic) bond motifs is 1. The monoisotopic (exact) mass is 455 g/mol. The zero-order valence-corrected chi connectivity index (χ0v) is 17.9. The molecule has 9 heteroatoms. The van der Waals surface area contributed by atoms with E-state index in [4.69, 9.17) is 4.74 Å². The van der Waals surface area contributed by atoms with Crippen LogP contribution in [0.3, 0.4) is 0 Å². The van der Waals surface area contributed by atoms with Crippen molar-refractivity contribution in [1.82, 2.24) is 9.80 Å². The van der Waals surface area contributed by atoms with E-state index >= 15 is 0 Å². The zero-order chi connectivity index (χ0) is 23.5. The minimum atomic E-state index is -0.773. The highest BCUT2D eigenvalue weighted by atomic mass is 19.1. The van der Waals surface area contributed by atoms with Gasteiger partial charge < -0.3 is 25.0 Å². The van der Waals surface area contributed by atoms with E-state index in [2.05, 4.69) is 17.2 Å². The first-order valence-electron chi connectivity index (χ1n) is 10.4. The number of aliphatic hydroxyl groups is 1. The number of hydrogen-bond acceptors (Lipinski definition) is 4. The molecular formula is C24H23F2N3O4. The number of carbonyl (C=O) groups excluding carboxylic acids is 2. The summed E-state index contributed by atoms with van der Waals surface area (Å²) in [6.07, 6.45) is 0. The second-order valence-electron chi connectivity index (χ2n) is 7.94. The highest BCUT2D eigenvalue weighted by Crippen LogP contribution is 2.43. The van der Waals surface area contributed by atoms with Gasteiger partial charge in [-0.2, -0.15) is 0 Å². The van der Waals surface area contributed by atoms with Crippen LogP contribution in [0.15, 0.2) is 42.5 Å². The van der Waals surface area contributed by atoms with E-state index in [0.717, 1.165) is 29.3 Å². The summed E-state index contributed by atoms with van der Waals surface area (Å²) in [6.45, 7) is 0.109. The summed E-state index contributed by atoms with van der Waals surface area (Å²) < 4.78 is 32.3. The van der Waals surface area contributed by atoms with Crippen LogP contribution in [-0.4, -0.2) is 72.3 Å². The molecule has 0 spiro atoms. The molecule has 0 aliphatic carbocycles. The van der Waals surface area contributed by atoms with Crippen LogP contribution in [0.4, 0.5) is 19.3 Å². The fourth-order valence-electron chi connectivity index (χ4n) is 4.44. The van der Waals surface area contributed by atoms with Crippen molar-refractivity contribution in [3.63, 3.8) is 0 Å². The molecular weight excluding hydrogens is 432 g/mol. The Morgan fingerprint density at radius 1 is 1.24 bits per heavy atom. The van der Waals surface area contributed by atoms with E-state index in [0.29, 0.717) is 6.61 Å². The van der Waals surface area contributed by atoms with Crippen molar-refractivity contribution in [2.45, 2.75) is 18.0 Å². The summed E-state index contributed by atoms with van der Waals surface area (Å²) in [5.41, 5.74) is 1.43. The van der Waals surface area contributed by atoms with Gasteiger partial charge in [-0.3, -0.25) is 4.79 Å². The fraction of sp³-hybridized carbons (Fsp3) is 0.333. The van der Waals surface area contributed by atoms with Crippen molar-refractivity contribution in [3.05, 3.63) is 65.2 Å². The van der Waals surface area contributed by atoms with E-state index in [-0.39, 0.29) is 49.3 Å². The molecule has 2 aliphatic heterocycles. The second-order valence-corrected chi connectivity index (χ2v) is 7.94. The molecule has 2 aliphatic rings. The van der Waals surface area contributed by atoms with Gasteiger partial charge in [0, 0.05) is 31.2 Å². The summed E-state index contributed by atoms with van der Waals surface area (Å²) in [4.78, 5) is 28.3. The summed E-state index contributed by atoms with van der Waals surface area (Å²) in [5.74, 6) is 3.91. The number of hydrogen-bond donors (Lipinski definition) is 2. The first-order valence-corrected chi connectivity index (χ1v) is 10.4. The molecule has 0 radical (unpaired) electrons. The maximum atomic E-state index is 13.9. The molecule has 0 bridgehead atoms. The quantitative estimate of drug-likeness (QED) is 0.693. The molecule has 2 aromatic carbocycles. The van der Waals surface area contributed by atoms with Gasteiger partial charge in [-0.05, 0) is 29.8 Å². The van der Waals surface area contributed by atoms with E-state index in [1.165, 1.54) is 4.90 Å². The van der Waals surface area contributed by atoms with Gasteiger partial charge in [-0.15, -0.1) is 0 Å². The lowest BCUT2D eigenvalue weighted by Gasteiger charge is -2.58. The Bertz CT molecular complexity index is 1110. The van der Waals surface area contributed by atoms with E-state index in [1.807, 2.05) is 24.3 Å². The third-order valence-electron chi connectivity index (χ3n) is 5.95. The Kier molecular flexibility index (Phi) is 6.58. The minimum Gasteiger partial charge on any atom is -0.394 e. The van der Waals surface area contributed by atoms with Crippen molar-refractivity contribution >= 4 is 17.6 Å². The van der Waals surface area contributed by atoms with Crippen LogP contribution in [0.2, 0.25) is 0 Å². The highest BCUT2D eigenvalue weighted by Gasteiger charge is 2.54. The minimum absolute atomic E-state index is 0.179. The molecule has 33 heavy (non-hydrogen) atoms. The van der Waals surface area contributed by atoms with Crippen LogP contribution in [-0.2, 0) is 9.53 Å². The summed E-state index contributed by atoms with van der Waals surface area (Å²) >= 11 is 0. The van der Waals surface area contributed by atoms with Gasteiger partial charge in [0.25, 0.3) is 0 Å². The number of halogens is 2. The Morgan fingerprint density at radius 2 is 2.00 bits per heavy atom. The molecule has 3 atom stereocenters. The maximum absolute atomic E-state index is 13.9. The second kappa shape index (κ2) is 9.57. The molecule has 3 amide bonds. The van der Waals surface area contributed by atoms with Gasteiger partial charge in [0.1, 0.15) is 24.8 Å². The van der Waals surface area contributed by atoms with Crippen molar-refractivity contribution in [1.29, 1.82) is 0 Å². The number of piperazine rings is 1. The van der Waals surface area contributed by atoms with Crippen LogP contribution in [0, 0.1) is 23.5 Å². The number of ether oxygens (including phenoxy) is 1. The molecule has 2 fully saturated rings. The molecule has 0 saturated carbocycles. The predicted molar refractivity (Wildman–Crippen MR) is 116 cm³/mol. The largest absolute Gasteiger partial charge is 0.394 e. The number of carbonyl (C=O) groups is 2. The molecule has 2 aromatic rings. The molecule has 2 heterocycles. The number of rotatable bonds is 4. The van der Waals surface area contributed by atoms with E-state index < -0.39 is 17.7 Å². The SMILES string of the molecule is COCC#Cc1ccc([C@H]2[C@H](CO)N3C(=O)CN(C(=O)Nc4cc(F)ccc4F)C[C@@H]23)cc1. The fourth-order valence-corrected chi connectivity index (χ4v) is 4.44. The van der Waals surface area contributed by atoms with Crippen molar-refractivity contribution < 1.29 is 28.2 Å². The van der Waals surface area contributed by atoms with Crippen molar-refractivity contribution in [2.75, 3.05) is 38.7 Å². The van der Waals surface area contributed by atoms with Crippen LogP contribution in [0.1, 0.15) is 17.0 Å². The Hall–Kier alpha value is -3.48. The molecule has 2 N–H and O–H groups in total. The predicted octanol–water partition coefficient (Wildman–Crippen LogP) is 2.17. The Morgan fingerprint density at radius 3 is 2.70 bits per heavy atom. The van der Waals surface area contributed by atoms with Crippen molar-refractivity contribution in [2.24, 2.45) is 0 Å². The van der Waals surface area contributed by atoms with Gasteiger partial charge in [0.15, 0.2) is 0 Å². The smallest absolute Gasteiger partial charge is 0.322 e. The van der Waals surface area contributed by atoms with E-state index in [1.54, 1.807) is 12.0 Å². The number of aliphatic hydroxyl groups excluding tert-OH is 1. The Balaban J connectivity index is 1.50. The maximum Gasteiger partial charge on any atom is 0.322 e. The third kappa shape index (κ3) is 4.53. The average Bonchev–Trinajstić information content (AvgIpc) is 2.78. The molecule has 172 valence electrons. The average molecular weight is 455 g/mol. The third-order valence-corrected chi connectivity index (χ3v) is 5.95. The number of anilines is 1. The van der Waals surface area contributed by atoms with E-state index in [9.17, 15) is 23.5 Å². The number of nitrogens with zero attached hydrogens (tertiary/aromatic N) is 2. The van der Waals surface area contributed by atoms with Gasteiger partial charge in [0.05, 0.1) is 24.4 Å². The summed E-state index contributed by atoms with van der Waals surface area (Å²) in [7, 11) is 1.57. The number of amides is 3. The normalized spacial score (nSPS) is 21.6. The topological polar surface area (TPSA) is 82.1 Å². The molecule has 2 saturated heterocycles. The summed E-state index contributed by atoms with van der Waals surface area (Å²) in [6, 6.07) is 8.85. The lowest BCUT2D eigenvalue weighted by Crippen LogP contribution is -2.73. The molecule has 0 aromatic heterocycles. The van der Waals surface area contributed by atoms with Crippen molar-refractivity contribution in [3.8, 4) is 11.8 Å². The lowest BCUT2D eigenvalue weighted by atomic mass is 9.73. The van der Waals surface area contributed by atoms with Gasteiger partial charge in [-0.1, -0.05) is 24.0 Å². The molecule has 4 rings (SSSR count). The van der Waals surface area contributed by atoms with Gasteiger partial charge in [0.2, 0.25) is 5.91 Å². The standard InChI is InChI=1S/C24H23F2N3O4/c1-33-10-2-3-15-4-6-16(7-5-15)23-20-12-28(13-22(31)29(20)21(23)14-30)24(32)27-19-11-17(25)8-9-18(19)26/h4-9,11,20-21,23,30H,10,12-14H2,1H3,(H,27,32)/t20-,21-,23+/m0/s1. The first-order chi connectivity index (χ1) is 15.9. The number of benzene rings is 2. The molecule has 7 nitrogen and oxygen atoms in total. The van der Waals surface area contributed by atoms with Crippen LogP contribution in [0.25, 0.3) is 0 Å². The number of methoxy groups -OCH3 is 1. The first kappa shape index (κ1) is 22.7. The van der Waals surface area contributed by atoms with Gasteiger partial charge >= 0.3 is 6.03 Å². The zero-order valence-electron chi connectivity index (χ0n) is 17.9. The van der Waals surface area contributed by atoms with Crippen LogP contribution < -0.4 is 5.32 Å². The number of nitrogens with one attached hydrogen (secondary N) is 1. The molecule has 0 unspecified atom stereocenters. The highest BCUT2D eigenvalue weighted by molar-refractivity contribution is 5.94. The van der Waals surface area contributed by atoms with Gasteiger partial charge in [-0.25, -0.2) is 13.6 Å². The number of urea groups is 1. The Labute approximate surface area is 189 Å². The lowest BCUT2D eigenvalue weighted by molar-refractivity contribution is -0.159. The summed E-state index contributed by atoms with van der Waals surface area (Å²) in [5, 5.41) is 12.2.